The molecule has 0 unspecified atom stereocenters. The largest absolute Gasteiger partial charge is 0.496 e. The van der Waals surface area contributed by atoms with Crippen molar-refractivity contribution in [2.45, 2.75) is 6.54 Å². The minimum atomic E-state index is -0.422. The summed E-state index contributed by atoms with van der Waals surface area (Å²) >= 11 is 8.09. The van der Waals surface area contributed by atoms with E-state index in [0.717, 1.165) is 14.8 Å². The number of methoxy groups -OCH3 is 1. The number of non-ortho nitro benzene ring substituents is 1. The number of halogens is 2. The Hall–Kier alpha value is -1.54. The maximum absolute atomic E-state index is 10.8. The molecule has 5 nitrogen and oxygen atoms in total. The van der Waals surface area contributed by atoms with Gasteiger partial charge in [0.05, 0.1) is 12.0 Å². The molecule has 0 aromatic heterocycles. The lowest BCUT2D eigenvalue weighted by molar-refractivity contribution is -0.384. The molecule has 0 radical (unpaired) electrons. The van der Waals surface area contributed by atoms with E-state index in [2.05, 4.69) is 27.9 Å². The first-order valence-electron chi connectivity index (χ1n) is 6.01. The predicted molar refractivity (Wildman–Crippen MR) is 91.1 cm³/mol. The Balaban J connectivity index is 2.22. The number of nitro groups is 1. The molecule has 21 heavy (non-hydrogen) atoms. The van der Waals surface area contributed by atoms with E-state index >= 15 is 0 Å². The van der Waals surface area contributed by atoms with Crippen LogP contribution in [0.2, 0.25) is 5.02 Å². The minimum Gasteiger partial charge on any atom is -0.496 e. The molecular weight excluding hydrogens is 407 g/mol. The number of nitrogens with one attached hydrogen (secondary N) is 1. The van der Waals surface area contributed by atoms with E-state index in [4.69, 9.17) is 16.3 Å². The van der Waals surface area contributed by atoms with E-state index in [-0.39, 0.29) is 5.69 Å². The highest BCUT2D eigenvalue weighted by atomic mass is 127. The highest BCUT2D eigenvalue weighted by Gasteiger charge is 2.11. The fourth-order valence-corrected chi connectivity index (χ4v) is 2.90. The summed E-state index contributed by atoms with van der Waals surface area (Å²) in [7, 11) is 1.54. The fourth-order valence-electron chi connectivity index (χ4n) is 1.84. The SMILES string of the molecule is COc1ccc([N+](=O)[O-])cc1CNc1ccc(Cl)cc1I. The van der Waals surface area contributed by atoms with Gasteiger partial charge in [-0.25, -0.2) is 0 Å². The Kier molecular flexibility index (Phi) is 5.24. The molecule has 0 saturated carbocycles. The zero-order valence-corrected chi connectivity index (χ0v) is 14.0. The van der Waals surface area contributed by atoms with Crippen molar-refractivity contribution < 1.29 is 9.66 Å². The Labute approximate surface area is 140 Å². The van der Waals surface area contributed by atoms with E-state index in [1.165, 1.54) is 19.2 Å². The first-order valence-corrected chi connectivity index (χ1v) is 7.47. The van der Waals surface area contributed by atoms with Crippen molar-refractivity contribution in [2.75, 3.05) is 12.4 Å². The molecule has 2 aromatic carbocycles. The van der Waals surface area contributed by atoms with Crippen LogP contribution in [0.3, 0.4) is 0 Å². The van der Waals surface area contributed by atoms with Crippen LogP contribution in [0.15, 0.2) is 36.4 Å². The summed E-state index contributed by atoms with van der Waals surface area (Å²) in [6, 6.07) is 10.0. The summed E-state index contributed by atoms with van der Waals surface area (Å²) in [5, 5.41) is 14.7. The van der Waals surface area contributed by atoms with Crippen LogP contribution >= 0.6 is 34.2 Å². The molecule has 0 bridgehead atoms. The van der Waals surface area contributed by atoms with Gasteiger partial charge in [-0.05, 0) is 46.9 Å². The third kappa shape index (κ3) is 3.98. The van der Waals surface area contributed by atoms with Crippen LogP contribution in [0.25, 0.3) is 0 Å². The van der Waals surface area contributed by atoms with E-state index in [1.54, 1.807) is 12.1 Å². The van der Waals surface area contributed by atoms with Crippen LogP contribution < -0.4 is 10.1 Å². The Bertz CT molecular complexity index is 679. The van der Waals surface area contributed by atoms with Crippen LogP contribution in [-0.2, 0) is 6.54 Å². The first kappa shape index (κ1) is 15.8. The molecule has 0 saturated heterocycles. The molecule has 7 heteroatoms. The highest BCUT2D eigenvalue weighted by molar-refractivity contribution is 14.1. The lowest BCUT2D eigenvalue weighted by Crippen LogP contribution is -2.04. The lowest BCUT2D eigenvalue weighted by Gasteiger charge is -2.12. The quantitative estimate of drug-likeness (QED) is 0.442. The van der Waals surface area contributed by atoms with Gasteiger partial charge in [0.2, 0.25) is 0 Å². The van der Waals surface area contributed by atoms with Crippen molar-refractivity contribution in [3.8, 4) is 5.75 Å². The van der Waals surface area contributed by atoms with Crippen LogP contribution in [0, 0.1) is 13.7 Å². The van der Waals surface area contributed by atoms with Crippen molar-refractivity contribution in [2.24, 2.45) is 0 Å². The molecule has 0 aliphatic heterocycles. The van der Waals surface area contributed by atoms with Crippen molar-refractivity contribution in [3.05, 3.63) is 60.7 Å². The number of ether oxygens (including phenoxy) is 1. The van der Waals surface area contributed by atoms with Gasteiger partial charge >= 0.3 is 0 Å². The smallest absolute Gasteiger partial charge is 0.270 e. The van der Waals surface area contributed by atoms with Crippen molar-refractivity contribution in [1.29, 1.82) is 0 Å². The van der Waals surface area contributed by atoms with E-state index < -0.39 is 4.92 Å². The summed E-state index contributed by atoms with van der Waals surface area (Å²) in [5.41, 5.74) is 1.67. The monoisotopic (exact) mass is 418 g/mol. The molecule has 0 aliphatic rings. The Morgan fingerprint density at radius 1 is 1.33 bits per heavy atom. The predicted octanol–water partition coefficient (Wildman–Crippen LogP) is 4.47. The van der Waals surface area contributed by atoms with Gasteiger partial charge in [-0.15, -0.1) is 0 Å². The lowest BCUT2D eigenvalue weighted by atomic mass is 10.1. The fraction of sp³-hybridized carbons (Fsp3) is 0.143. The second-order valence-corrected chi connectivity index (χ2v) is 5.83. The number of hydrogen-bond donors (Lipinski definition) is 1. The van der Waals surface area contributed by atoms with Gasteiger partial charge in [0.25, 0.3) is 5.69 Å². The average molecular weight is 419 g/mol. The summed E-state index contributed by atoms with van der Waals surface area (Å²) in [6.07, 6.45) is 0. The molecule has 1 N–H and O–H groups in total. The van der Waals surface area contributed by atoms with Crippen molar-refractivity contribution >= 4 is 45.6 Å². The standard InChI is InChI=1S/C14H12ClIN2O3/c1-21-14-5-3-11(18(19)20)6-9(14)8-17-13-4-2-10(15)7-12(13)16/h2-7,17H,8H2,1H3. The zero-order valence-electron chi connectivity index (χ0n) is 11.1. The minimum absolute atomic E-state index is 0.0402. The zero-order chi connectivity index (χ0) is 15.4. The molecule has 0 atom stereocenters. The number of hydrogen-bond acceptors (Lipinski definition) is 4. The van der Waals surface area contributed by atoms with Gasteiger partial charge in [0, 0.05) is 38.5 Å². The topological polar surface area (TPSA) is 64.4 Å². The van der Waals surface area contributed by atoms with Gasteiger partial charge < -0.3 is 10.1 Å². The summed E-state index contributed by atoms with van der Waals surface area (Å²) in [4.78, 5) is 10.4. The van der Waals surface area contributed by atoms with Gasteiger partial charge in [-0.1, -0.05) is 11.6 Å². The summed E-state index contributed by atoms with van der Waals surface area (Å²) < 4.78 is 6.21. The van der Waals surface area contributed by atoms with Crippen LogP contribution in [0.4, 0.5) is 11.4 Å². The normalized spacial score (nSPS) is 10.2. The first-order chi connectivity index (χ1) is 10.0. The van der Waals surface area contributed by atoms with Gasteiger partial charge in [0.15, 0.2) is 0 Å². The summed E-state index contributed by atoms with van der Waals surface area (Å²) in [6.45, 7) is 0.419. The number of rotatable bonds is 5. The van der Waals surface area contributed by atoms with Crippen LogP contribution in [0.1, 0.15) is 5.56 Å². The van der Waals surface area contributed by atoms with Crippen LogP contribution in [-0.4, -0.2) is 12.0 Å². The third-order valence-electron chi connectivity index (χ3n) is 2.88. The van der Waals surface area contributed by atoms with E-state index in [1.807, 2.05) is 12.1 Å². The molecule has 2 rings (SSSR count). The molecule has 0 fully saturated rings. The van der Waals surface area contributed by atoms with Crippen molar-refractivity contribution in [1.82, 2.24) is 0 Å². The maximum atomic E-state index is 10.8. The Morgan fingerprint density at radius 2 is 2.10 bits per heavy atom. The molecular formula is C14H12ClIN2O3. The molecule has 0 heterocycles. The molecule has 2 aromatic rings. The van der Waals surface area contributed by atoms with Crippen molar-refractivity contribution in [3.63, 3.8) is 0 Å². The van der Waals surface area contributed by atoms with Crippen LogP contribution in [0.5, 0.6) is 5.75 Å². The molecule has 0 aliphatic carbocycles. The maximum Gasteiger partial charge on any atom is 0.270 e. The molecule has 110 valence electrons. The molecule has 0 amide bonds. The number of anilines is 1. The van der Waals surface area contributed by atoms with Gasteiger partial charge in [-0.2, -0.15) is 0 Å². The number of nitro benzene ring substituents is 1. The van der Waals surface area contributed by atoms with Gasteiger partial charge in [-0.3, -0.25) is 10.1 Å². The van der Waals surface area contributed by atoms with E-state index in [9.17, 15) is 10.1 Å². The average Bonchev–Trinajstić information content (AvgIpc) is 2.46. The number of benzene rings is 2. The highest BCUT2D eigenvalue weighted by Crippen LogP contribution is 2.27. The van der Waals surface area contributed by atoms with Gasteiger partial charge in [0.1, 0.15) is 5.75 Å². The Morgan fingerprint density at radius 3 is 2.71 bits per heavy atom. The number of nitrogens with zero attached hydrogens (tertiary/aromatic N) is 1. The van der Waals surface area contributed by atoms with E-state index in [0.29, 0.717) is 17.3 Å². The third-order valence-corrected chi connectivity index (χ3v) is 4.00. The second kappa shape index (κ2) is 6.95. The second-order valence-electron chi connectivity index (χ2n) is 4.23. The summed E-state index contributed by atoms with van der Waals surface area (Å²) in [5.74, 6) is 0.608. The molecule has 0 spiro atoms.